The molecule has 0 saturated heterocycles. The van der Waals surface area contributed by atoms with Crippen molar-refractivity contribution in [2.75, 3.05) is 26.2 Å². The Kier molecular flexibility index (Phi) is 8.18. The number of rotatable bonds is 10. The normalized spacial score (nSPS) is 12.9. The molecule has 0 amide bonds. The fourth-order valence-corrected chi connectivity index (χ4v) is 3.44. The molecule has 1 aromatic carbocycles. The van der Waals surface area contributed by atoms with Crippen LogP contribution in [0, 0.1) is 0 Å². The fraction of sp³-hybridized carbons (Fsp3) is 0.632. The van der Waals surface area contributed by atoms with Crippen molar-refractivity contribution in [3.05, 3.63) is 35.9 Å². The zero-order valence-electron chi connectivity index (χ0n) is 14.7. The first-order chi connectivity index (χ1) is 10.6. The van der Waals surface area contributed by atoms with Crippen molar-refractivity contribution in [2.45, 2.75) is 53.1 Å². The van der Waals surface area contributed by atoms with Gasteiger partial charge in [0.2, 0.25) is 0 Å². The highest BCUT2D eigenvalue weighted by molar-refractivity contribution is 5.89. The summed E-state index contributed by atoms with van der Waals surface area (Å²) in [6.45, 7) is 13.1. The van der Waals surface area contributed by atoms with Gasteiger partial charge >= 0.3 is 5.97 Å². The van der Waals surface area contributed by atoms with Crippen molar-refractivity contribution >= 4 is 5.97 Å². The first-order valence-corrected chi connectivity index (χ1v) is 8.68. The van der Waals surface area contributed by atoms with Gasteiger partial charge in [0.25, 0.3) is 0 Å². The standard InChI is InChI=1S/C19H32NO2/c1-5-13-20(14-6-2,15-7-3)16-17(4)22-19(21)18-11-9-8-10-12-18/h8-12,17H,5-7,13-16H2,1-4H3/q+1. The van der Waals surface area contributed by atoms with Crippen LogP contribution in [-0.2, 0) is 4.74 Å². The molecule has 0 aliphatic rings. The maximum Gasteiger partial charge on any atom is 0.338 e. The molecule has 0 aliphatic carbocycles. The predicted octanol–water partition coefficient (Wildman–Crippen LogP) is 4.28. The monoisotopic (exact) mass is 306 g/mol. The SMILES string of the molecule is CCC[N+](CCC)(CCC)CC(C)OC(=O)c1ccccc1. The van der Waals surface area contributed by atoms with Gasteiger partial charge in [0, 0.05) is 0 Å². The van der Waals surface area contributed by atoms with Crippen LogP contribution in [0.1, 0.15) is 57.3 Å². The average Bonchev–Trinajstić information content (AvgIpc) is 2.48. The van der Waals surface area contributed by atoms with Gasteiger partial charge in [-0.1, -0.05) is 39.0 Å². The van der Waals surface area contributed by atoms with Crippen LogP contribution in [-0.4, -0.2) is 42.7 Å². The van der Waals surface area contributed by atoms with E-state index < -0.39 is 0 Å². The molecule has 1 atom stereocenters. The zero-order valence-corrected chi connectivity index (χ0v) is 14.7. The van der Waals surface area contributed by atoms with Gasteiger partial charge in [-0.2, -0.15) is 0 Å². The van der Waals surface area contributed by atoms with Crippen LogP contribution in [0.15, 0.2) is 30.3 Å². The molecule has 3 heteroatoms. The van der Waals surface area contributed by atoms with E-state index in [1.54, 1.807) is 12.1 Å². The summed E-state index contributed by atoms with van der Waals surface area (Å²) in [6, 6.07) is 9.26. The van der Waals surface area contributed by atoms with Crippen molar-refractivity contribution in [3.8, 4) is 0 Å². The van der Waals surface area contributed by atoms with E-state index in [1.165, 1.54) is 19.3 Å². The summed E-state index contributed by atoms with van der Waals surface area (Å²) in [5.74, 6) is -0.212. The third-order valence-corrected chi connectivity index (χ3v) is 4.06. The van der Waals surface area contributed by atoms with Crippen molar-refractivity contribution in [1.29, 1.82) is 0 Å². The van der Waals surface area contributed by atoms with Crippen molar-refractivity contribution in [3.63, 3.8) is 0 Å². The molecule has 3 nitrogen and oxygen atoms in total. The number of benzene rings is 1. The second-order valence-electron chi connectivity index (χ2n) is 6.28. The van der Waals surface area contributed by atoms with Gasteiger partial charge in [0.05, 0.1) is 25.2 Å². The number of carbonyl (C=O) groups excluding carboxylic acids is 1. The minimum absolute atomic E-state index is 0.0580. The number of quaternary nitrogens is 1. The summed E-state index contributed by atoms with van der Waals surface area (Å²) >= 11 is 0. The van der Waals surface area contributed by atoms with Crippen molar-refractivity contribution < 1.29 is 14.0 Å². The van der Waals surface area contributed by atoms with Gasteiger partial charge in [-0.15, -0.1) is 0 Å². The average molecular weight is 306 g/mol. The molecule has 0 saturated carbocycles. The summed E-state index contributed by atoms with van der Waals surface area (Å²) in [7, 11) is 0. The van der Waals surface area contributed by atoms with Crippen molar-refractivity contribution in [1.82, 2.24) is 0 Å². The highest BCUT2D eigenvalue weighted by atomic mass is 16.5. The zero-order chi connectivity index (χ0) is 16.4. The Bertz CT molecular complexity index is 413. The molecule has 0 spiro atoms. The number of hydrogen-bond donors (Lipinski definition) is 0. The summed E-state index contributed by atoms with van der Waals surface area (Å²) < 4.78 is 6.74. The lowest BCUT2D eigenvalue weighted by Crippen LogP contribution is -2.53. The quantitative estimate of drug-likeness (QED) is 0.476. The van der Waals surface area contributed by atoms with E-state index in [4.69, 9.17) is 4.74 Å². The van der Waals surface area contributed by atoms with E-state index in [1.807, 2.05) is 25.1 Å². The largest absolute Gasteiger partial charge is 0.453 e. The van der Waals surface area contributed by atoms with Crippen LogP contribution < -0.4 is 0 Å². The third kappa shape index (κ3) is 5.80. The van der Waals surface area contributed by atoms with E-state index >= 15 is 0 Å². The summed E-state index contributed by atoms with van der Waals surface area (Å²) in [5, 5.41) is 0. The lowest BCUT2D eigenvalue weighted by atomic mass is 10.2. The third-order valence-electron chi connectivity index (χ3n) is 4.06. The van der Waals surface area contributed by atoms with E-state index in [0.29, 0.717) is 5.56 Å². The topological polar surface area (TPSA) is 26.3 Å². The molecule has 0 N–H and O–H groups in total. The fourth-order valence-electron chi connectivity index (χ4n) is 3.44. The van der Waals surface area contributed by atoms with Crippen LogP contribution in [0.3, 0.4) is 0 Å². The van der Waals surface area contributed by atoms with Gasteiger partial charge in [0.1, 0.15) is 12.6 Å². The van der Waals surface area contributed by atoms with Gasteiger partial charge < -0.3 is 9.22 Å². The van der Waals surface area contributed by atoms with E-state index in [-0.39, 0.29) is 12.1 Å². The molecule has 1 rings (SSSR count). The maximum absolute atomic E-state index is 12.2. The second-order valence-corrected chi connectivity index (χ2v) is 6.28. The predicted molar refractivity (Wildman–Crippen MR) is 91.9 cm³/mol. The van der Waals surface area contributed by atoms with Gasteiger partial charge in [-0.05, 0) is 38.3 Å². The smallest absolute Gasteiger partial charge is 0.338 e. The Labute approximate surface area is 135 Å². The van der Waals surface area contributed by atoms with E-state index in [9.17, 15) is 4.79 Å². The highest BCUT2D eigenvalue weighted by Gasteiger charge is 2.28. The summed E-state index contributed by atoms with van der Waals surface area (Å²) in [4.78, 5) is 12.2. The molecule has 124 valence electrons. The van der Waals surface area contributed by atoms with Crippen LogP contribution in [0.2, 0.25) is 0 Å². The van der Waals surface area contributed by atoms with Gasteiger partial charge in [-0.25, -0.2) is 4.79 Å². The van der Waals surface area contributed by atoms with Crippen LogP contribution in [0.4, 0.5) is 0 Å². The molecule has 0 fully saturated rings. The Balaban J connectivity index is 2.69. The first kappa shape index (κ1) is 18.7. The minimum atomic E-state index is -0.212. The second kappa shape index (κ2) is 9.62. The Hall–Kier alpha value is -1.35. The van der Waals surface area contributed by atoms with Crippen LogP contribution in [0.25, 0.3) is 0 Å². The number of ether oxygens (including phenoxy) is 1. The molecule has 0 bridgehead atoms. The number of esters is 1. The van der Waals surface area contributed by atoms with E-state index in [2.05, 4.69) is 20.8 Å². The molecule has 0 aliphatic heterocycles. The Morgan fingerprint density at radius 1 is 1.00 bits per heavy atom. The van der Waals surface area contributed by atoms with Gasteiger partial charge in [0.15, 0.2) is 0 Å². The molecule has 1 unspecified atom stereocenters. The molecular formula is C19H32NO2+. The molecule has 0 aromatic heterocycles. The molecule has 0 radical (unpaired) electrons. The number of nitrogens with zero attached hydrogens (tertiary/aromatic N) is 1. The van der Waals surface area contributed by atoms with Crippen LogP contribution in [0.5, 0.6) is 0 Å². The summed E-state index contributed by atoms with van der Waals surface area (Å²) in [6.07, 6.45) is 3.44. The van der Waals surface area contributed by atoms with Crippen molar-refractivity contribution in [2.24, 2.45) is 0 Å². The minimum Gasteiger partial charge on any atom is -0.453 e. The summed E-state index contributed by atoms with van der Waals surface area (Å²) in [5.41, 5.74) is 0.633. The number of carbonyl (C=O) groups is 1. The Morgan fingerprint density at radius 3 is 1.95 bits per heavy atom. The van der Waals surface area contributed by atoms with Gasteiger partial charge in [-0.3, -0.25) is 0 Å². The Morgan fingerprint density at radius 2 is 1.50 bits per heavy atom. The molecule has 1 aromatic rings. The molecule has 0 heterocycles. The van der Waals surface area contributed by atoms with Crippen LogP contribution >= 0.6 is 0 Å². The molecule has 22 heavy (non-hydrogen) atoms. The molecular weight excluding hydrogens is 274 g/mol. The lowest BCUT2D eigenvalue weighted by Gasteiger charge is -2.40. The lowest BCUT2D eigenvalue weighted by molar-refractivity contribution is -0.930. The first-order valence-electron chi connectivity index (χ1n) is 8.68. The van der Waals surface area contributed by atoms with E-state index in [0.717, 1.165) is 30.7 Å². The highest BCUT2D eigenvalue weighted by Crippen LogP contribution is 2.15. The number of hydrogen-bond acceptors (Lipinski definition) is 2. The maximum atomic E-state index is 12.2.